The van der Waals surface area contributed by atoms with Gasteiger partial charge in [-0.1, -0.05) is 20.3 Å². The van der Waals surface area contributed by atoms with E-state index in [9.17, 15) is 0 Å². The lowest BCUT2D eigenvalue weighted by Crippen LogP contribution is -2.28. The van der Waals surface area contributed by atoms with Crippen LogP contribution in [0.2, 0.25) is 0 Å². The second kappa shape index (κ2) is 2.92. The number of rotatable bonds is 2. The summed E-state index contributed by atoms with van der Waals surface area (Å²) in [7, 11) is 0. The molecular weight excluding hydrogens is 132 g/mol. The fourth-order valence-corrected chi connectivity index (χ4v) is 1.84. The van der Waals surface area contributed by atoms with Crippen molar-refractivity contribution in [2.75, 3.05) is 0 Å². The summed E-state index contributed by atoms with van der Waals surface area (Å²) in [6, 6.07) is 0. The predicted molar refractivity (Wildman–Crippen MR) is 41.8 cm³/mol. The van der Waals surface area contributed by atoms with Crippen molar-refractivity contribution in [3.8, 4) is 0 Å². The van der Waals surface area contributed by atoms with E-state index in [4.69, 9.17) is 11.6 Å². The van der Waals surface area contributed by atoms with Crippen LogP contribution in [0, 0.1) is 11.8 Å². The Bertz CT molecular complexity index is 84.6. The largest absolute Gasteiger partial charge is 0.123 e. The van der Waals surface area contributed by atoms with E-state index >= 15 is 0 Å². The predicted octanol–water partition coefficient (Wildman–Crippen LogP) is 3.05. The minimum Gasteiger partial charge on any atom is -0.123 e. The van der Waals surface area contributed by atoms with Crippen LogP contribution in [0.5, 0.6) is 0 Å². The molecule has 1 aliphatic rings. The van der Waals surface area contributed by atoms with E-state index in [1.165, 1.54) is 19.3 Å². The molecule has 1 atom stereocenters. The fourth-order valence-electron chi connectivity index (χ4n) is 1.39. The van der Waals surface area contributed by atoms with Gasteiger partial charge in [0.05, 0.1) is 0 Å². The molecule has 1 saturated carbocycles. The molecule has 0 N–H and O–H groups in total. The van der Waals surface area contributed by atoms with Gasteiger partial charge in [0.2, 0.25) is 0 Å². The van der Waals surface area contributed by atoms with E-state index in [1.807, 2.05) is 0 Å². The summed E-state index contributed by atoms with van der Waals surface area (Å²) in [6.45, 7) is 4.58. The van der Waals surface area contributed by atoms with Crippen molar-refractivity contribution < 1.29 is 0 Å². The van der Waals surface area contributed by atoms with E-state index in [0.29, 0.717) is 5.38 Å². The van der Waals surface area contributed by atoms with Crippen molar-refractivity contribution in [1.29, 1.82) is 0 Å². The molecule has 0 aliphatic heterocycles. The molecule has 0 aromatic rings. The summed E-state index contributed by atoms with van der Waals surface area (Å²) in [5, 5.41) is 0.504. The summed E-state index contributed by atoms with van der Waals surface area (Å²) in [4.78, 5) is 0. The summed E-state index contributed by atoms with van der Waals surface area (Å²) in [5.41, 5.74) is 0. The minimum atomic E-state index is 0.504. The molecule has 0 saturated heterocycles. The molecule has 0 amide bonds. The SMILES string of the molecule is CCC(C)C1CC(Cl)C1. The Morgan fingerprint density at radius 3 is 2.44 bits per heavy atom. The molecular formula is C8H15Cl. The molecule has 0 spiro atoms. The number of halogens is 1. The van der Waals surface area contributed by atoms with E-state index in [2.05, 4.69) is 13.8 Å². The van der Waals surface area contributed by atoms with Gasteiger partial charge in [0.15, 0.2) is 0 Å². The Morgan fingerprint density at radius 2 is 2.11 bits per heavy atom. The maximum Gasteiger partial charge on any atom is 0.0341 e. The van der Waals surface area contributed by atoms with Crippen LogP contribution in [0.1, 0.15) is 33.1 Å². The second-order valence-corrected chi connectivity index (χ2v) is 3.83. The molecule has 1 rings (SSSR count). The smallest absolute Gasteiger partial charge is 0.0341 e. The Morgan fingerprint density at radius 1 is 1.56 bits per heavy atom. The average molecular weight is 147 g/mol. The molecule has 0 radical (unpaired) electrons. The lowest BCUT2D eigenvalue weighted by Gasteiger charge is -2.35. The van der Waals surface area contributed by atoms with Crippen molar-refractivity contribution in [2.24, 2.45) is 11.8 Å². The Kier molecular flexibility index (Phi) is 2.40. The molecule has 0 nitrogen and oxygen atoms in total. The molecule has 54 valence electrons. The van der Waals surface area contributed by atoms with Gasteiger partial charge in [-0.2, -0.15) is 0 Å². The van der Waals surface area contributed by atoms with Crippen molar-refractivity contribution >= 4 is 11.6 Å². The van der Waals surface area contributed by atoms with Gasteiger partial charge in [-0.05, 0) is 24.7 Å². The highest BCUT2D eigenvalue weighted by atomic mass is 35.5. The number of alkyl halides is 1. The summed E-state index contributed by atoms with van der Waals surface area (Å²) in [6.07, 6.45) is 3.83. The second-order valence-electron chi connectivity index (χ2n) is 3.21. The zero-order valence-corrected chi connectivity index (χ0v) is 6.99. The standard InChI is InChI=1S/C8H15Cl/c1-3-6(2)7-4-8(9)5-7/h6-8H,3-5H2,1-2H3. The average Bonchev–Trinajstić information content (AvgIpc) is 1.79. The monoisotopic (exact) mass is 146 g/mol. The topological polar surface area (TPSA) is 0 Å². The van der Waals surface area contributed by atoms with Crippen LogP contribution in [0.4, 0.5) is 0 Å². The molecule has 1 heteroatoms. The zero-order chi connectivity index (χ0) is 6.85. The van der Waals surface area contributed by atoms with Gasteiger partial charge >= 0.3 is 0 Å². The third-order valence-corrected chi connectivity index (χ3v) is 2.92. The molecule has 1 aliphatic carbocycles. The van der Waals surface area contributed by atoms with Crippen molar-refractivity contribution in [1.82, 2.24) is 0 Å². The highest BCUT2D eigenvalue weighted by Crippen LogP contribution is 2.38. The molecule has 0 aromatic heterocycles. The molecule has 9 heavy (non-hydrogen) atoms. The first-order valence-corrected chi connectivity index (χ1v) is 4.31. The van der Waals surface area contributed by atoms with Crippen LogP contribution in [0.3, 0.4) is 0 Å². The quantitative estimate of drug-likeness (QED) is 0.526. The van der Waals surface area contributed by atoms with E-state index in [1.54, 1.807) is 0 Å². The third kappa shape index (κ3) is 1.61. The molecule has 1 unspecified atom stereocenters. The van der Waals surface area contributed by atoms with Gasteiger partial charge in [-0.25, -0.2) is 0 Å². The fraction of sp³-hybridized carbons (Fsp3) is 1.00. The summed E-state index contributed by atoms with van der Waals surface area (Å²) < 4.78 is 0. The first-order chi connectivity index (χ1) is 4.24. The van der Waals surface area contributed by atoms with E-state index < -0.39 is 0 Å². The van der Waals surface area contributed by atoms with E-state index in [0.717, 1.165) is 11.8 Å². The highest BCUT2D eigenvalue weighted by Gasteiger charge is 2.30. The minimum absolute atomic E-state index is 0.504. The lowest BCUT2D eigenvalue weighted by molar-refractivity contribution is 0.221. The maximum atomic E-state index is 5.84. The molecule has 1 fully saturated rings. The van der Waals surface area contributed by atoms with Crippen LogP contribution in [0.25, 0.3) is 0 Å². The summed E-state index contributed by atoms with van der Waals surface area (Å²) >= 11 is 5.84. The van der Waals surface area contributed by atoms with Gasteiger partial charge in [0.25, 0.3) is 0 Å². The molecule has 0 aromatic carbocycles. The van der Waals surface area contributed by atoms with Gasteiger partial charge in [-0.3, -0.25) is 0 Å². The Balaban J connectivity index is 2.15. The Hall–Kier alpha value is 0.290. The van der Waals surface area contributed by atoms with Crippen LogP contribution in [0.15, 0.2) is 0 Å². The zero-order valence-electron chi connectivity index (χ0n) is 6.23. The van der Waals surface area contributed by atoms with Gasteiger partial charge in [-0.15, -0.1) is 11.6 Å². The maximum absolute atomic E-state index is 5.84. The number of hydrogen-bond acceptors (Lipinski definition) is 0. The Labute approximate surface area is 62.6 Å². The van der Waals surface area contributed by atoms with Crippen LogP contribution in [-0.4, -0.2) is 5.38 Å². The third-order valence-electron chi connectivity index (χ3n) is 2.57. The first kappa shape index (κ1) is 7.40. The van der Waals surface area contributed by atoms with E-state index in [-0.39, 0.29) is 0 Å². The first-order valence-electron chi connectivity index (χ1n) is 3.88. The van der Waals surface area contributed by atoms with Gasteiger partial charge in [0, 0.05) is 5.38 Å². The molecule has 0 bridgehead atoms. The van der Waals surface area contributed by atoms with Crippen LogP contribution < -0.4 is 0 Å². The van der Waals surface area contributed by atoms with Gasteiger partial charge < -0.3 is 0 Å². The molecule has 0 heterocycles. The van der Waals surface area contributed by atoms with Crippen LogP contribution in [-0.2, 0) is 0 Å². The highest BCUT2D eigenvalue weighted by molar-refractivity contribution is 6.21. The summed E-state index contributed by atoms with van der Waals surface area (Å²) in [5.74, 6) is 1.84. The van der Waals surface area contributed by atoms with Crippen LogP contribution >= 0.6 is 11.6 Å². The van der Waals surface area contributed by atoms with Crippen molar-refractivity contribution in [3.63, 3.8) is 0 Å². The normalized spacial score (nSPS) is 37.7. The van der Waals surface area contributed by atoms with Gasteiger partial charge in [0.1, 0.15) is 0 Å². The number of hydrogen-bond donors (Lipinski definition) is 0. The van der Waals surface area contributed by atoms with Crippen molar-refractivity contribution in [2.45, 2.75) is 38.5 Å². The lowest BCUT2D eigenvalue weighted by atomic mass is 9.75. The van der Waals surface area contributed by atoms with Crippen molar-refractivity contribution in [3.05, 3.63) is 0 Å².